The highest BCUT2D eigenvalue weighted by molar-refractivity contribution is 6.00. The predicted octanol–water partition coefficient (Wildman–Crippen LogP) is 1.21. The molecule has 2 aliphatic rings. The fourth-order valence-corrected chi connectivity index (χ4v) is 2.89. The molecule has 21 heavy (non-hydrogen) atoms. The zero-order valence-corrected chi connectivity index (χ0v) is 12.2. The lowest BCUT2D eigenvalue weighted by molar-refractivity contribution is -0.139. The Morgan fingerprint density at radius 1 is 1.19 bits per heavy atom. The molecule has 0 aromatic heterocycles. The standard InChI is InChI=1S/C16H20N2O3/c1-12-2-4-14(5-3-12)18-11-13(10-15(18)19)16(20)17-6-8-21-9-7-17/h2-5,13H,6-11H2,1H3/t13-/m1/s1. The van der Waals surface area contributed by atoms with E-state index in [2.05, 4.69) is 0 Å². The highest BCUT2D eigenvalue weighted by atomic mass is 16.5. The Morgan fingerprint density at radius 3 is 2.52 bits per heavy atom. The van der Waals surface area contributed by atoms with Gasteiger partial charge in [0, 0.05) is 31.7 Å². The number of aryl methyl sites for hydroxylation is 1. The summed E-state index contributed by atoms with van der Waals surface area (Å²) < 4.78 is 5.26. The minimum Gasteiger partial charge on any atom is -0.378 e. The lowest BCUT2D eigenvalue weighted by Gasteiger charge is -2.29. The average molecular weight is 288 g/mol. The number of benzene rings is 1. The molecule has 0 saturated carbocycles. The molecule has 2 fully saturated rings. The molecule has 1 aromatic rings. The molecule has 0 bridgehead atoms. The Bertz CT molecular complexity index is 535. The number of ether oxygens (including phenoxy) is 1. The largest absolute Gasteiger partial charge is 0.378 e. The first-order valence-electron chi connectivity index (χ1n) is 7.39. The van der Waals surface area contributed by atoms with Crippen LogP contribution in [0.1, 0.15) is 12.0 Å². The van der Waals surface area contributed by atoms with E-state index >= 15 is 0 Å². The van der Waals surface area contributed by atoms with Crippen LogP contribution in [0.15, 0.2) is 24.3 Å². The van der Waals surface area contributed by atoms with Crippen molar-refractivity contribution in [2.75, 3.05) is 37.7 Å². The van der Waals surface area contributed by atoms with Crippen molar-refractivity contribution in [1.29, 1.82) is 0 Å². The third-order valence-electron chi connectivity index (χ3n) is 4.14. The summed E-state index contributed by atoms with van der Waals surface area (Å²) in [6.45, 7) is 4.95. The monoisotopic (exact) mass is 288 g/mol. The van der Waals surface area contributed by atoms with Gasteiger partial charge in [0.1, 0.15) is 0 Å². The van der Waals surface area contributed by atoms with E-state index in [4.69, 9.17) is 4.74 Å². The van der Waals surface area contributed by atoms with Crippen molar-refractivity contribution in [3.8, 4) is 0 Å². The summed E-state index contributed by atoms with van der Waals surface area (Å²) in [6.07, 6.45) is 0.310. The number of carbonyl (C=O) groups is 2. The van der Waals surface area contributed by atoms with Gasteiger partial charge in [-0.05, 0) is 19.1 Å². The van der Waals surface area contributed by atoms with Crippen molar-refractivity contribution in [1.82, 2.24) is 4.90 Å². The fourth-order valence-electron chi connectivity index (χ4n) is 2.89. The summed E-state index contributed by atoms with van der Waals surface area (Å²) in [5, 5.41) is 0. The molecular weight excluding hydrogens is 268 g/mol. The van der Waals surface area contributed by atoms with Gasteiger partial charge in [-0.2, -0.15) is 0 Å². The number of rotatable bonds is 2. The number of anilines is 1. The Balaban J connectivity index is 1.69. The number of hydrogen-bond donors (Lipinski definition) is 0. The highest BCUT2D eigenvalue weighted by Crippen LogP contribution is 2.26. The van der Waals surface area contributed by atoms with Gasteiger partial charge >= 0.3 is 0 Å². The molecular formula is C16H20N2O3. The Morgan fingerprint density at radius 2 is 1.86 bits per heavy atom. The minimum atomic E-state index is -0.225. The quantitative estimate of drug-likeness (QED) is 0.822. The number of morpholine rings is 1. The molecule has 2 amide bonds. The van der Waals surface area contributed by atoms with E-state index in [-0.39, 0.29) is 17.7 Å². The van der Waals surface area contributed by atoms with Crippen LogP contribution in [0.5, 0.6) is 0 Å². The van der Waals surface area contributed by atoms with Crippen molar-refractivity contribution < 1.29 is 14.3 Å². The Kier molecular flexibility index (Phi) is 3.92. The van der Waals surface area contributed by atoms with Crippen LogP contribution in [0.4, 0.5) is 5.69 Å². The van der Waals surface area contributed by atoms with Crippen molar-refractivity contribution in [2.24, 2.45) is 5.92 Å². The maximum atomic E-state index is 12.5. The lowest BCUT2D eigenvalue weighted by Crippen LogP contribution is -2.44. The second kappa shape index (κ2) is 5.85. The molecule has 112 valence electrons. The van der Waals surface area contributed by atoms with E-state index in [1.165, 1.54) is 0 Å². The van der Waals surface area contributed by atoms with Gasteiger partial charge in [0.25, 0.3) is 0 Å². The highest BCUT2D eigenvalue weighted by Gasteiger charge is 2.37. The summed E-state index contributed by atoms with van der Waals surface area (Å²) in [4.78, 5) is 28.2. The van der Waals surface area contributed by atoms with Gasteiger partial charge < -0.3 is 14.5 Å². The lowest BCUT2D eigenvalue weighted by atomic mass is 10.1. The number of amides is 2. The first-order chi connectivity index (χ1) is 10.1. The van der Waals surface area contributed by atoms with Crippen LogP contribution >= 0.6 is 0 Å². The van der Waals surface area contributed by atoms with E-state index in [1.54, 1.807) is 4.90 Å². The predicted molar refractivity (Wildman–Crippen MR) is 79.0 cm³/mol. The Labute approximate surface area is 124 Å². The van der Waals surface area contributed by atoms with E-state index in [9.17, 15) is 9.59 Å². The summed E-state index contributed by atoms with van der Waals surface area (Å²) in [7, 11) is 0. The van der Waals surface area contributed by atoms with Crippen LogP contribution < -0.4 is 4.90 Å². The van der Waals surface area contributed by atoms with Crippen molar-refractivity contribution in [2.45, 2.75) is 13.3 Å². The molecule has 1 aromatic carbocycles. The summed E-state index contributed by atoms with van der Waals surface area (Å²) in [5.41, 5.74) is 2.04. The van der Waals surface area contributed by atoms with Crippen LogP contribution in [0.3, 0.4) is 0 Å². The summed E-state index contributed by atoms with van der Waals surface area (Å²) in [6, 6.07) is 7.85. The first kappa shape index (κ1) is 14.1. The van der Waals surface area contributed by atoms with E-state index < -0.39 is 0 Å². The Hall–Kier alpha value is -1.88. The fraction of sp³-hybridized carbons (Fsp3) is 0.500. The molecule has 0 N–H and O–H groups in total. The molecule has 0 unspecified atom stereocenters. The second-order valence-electron chi connectivity index (χ2n) is 5.68. The van der Waals surface area contributed by atoms with Gasteiger partial charge in [0.05, 0.1) is 19.1 Å². The SMILES string of the molecule is Cc1ccc(N2C[C@H](C(=O)N3CCOCC3)CC2=O)cc1. The topological polar surface area (TPSA) is 49.9 Å². The van der Waals surface area contributed by atoms with E-state index in [1.807, 2.05) is 36.1 Å². The third-order valence-corrected chi connectivity index (χ3v) is 4.14. The number of carbonyl (C=O) groups excluding carboxylic acids is 2. The first-order valence-corrected chi connectivity index (χ1v) is 7.39. The molecule has 3 rings (SSSR count). The van der Waals surface area contributed by atoms with Crippen molar-refractivity contribution >= 4 is 17.5 Å². The molecule has 2 aliphatic heterocycles. The van der Waals surface area contributed by atoms with Crippen molar-refractivity contribution in [3.63, 3.8) is 0 Å². The maximum absolute atomic E-state index is 12.5. The molecule has 2 saturated heterocycles. The van der Waals surface area contributed by atoms with E-state index in [0.717, 1.165) is 11.3 Å². The van der Waals surface area contributed by atoms with Gasteiger partial charge in [0.2, 0.25) is 11.8 Å². The number of nitrogens with zero attached hydrogens (tertiary/aromatic N) is 2. The molecule has 2 heterocycles. The average Bonchev–Trinajstić information content (AvgIpc) is 2.90. The molecule has 1 atom stereocenters. The summed E-state index contributed by atoms with van der Waals surface area (Å²) in [5.74, 6) is -0.108. The normalized spacial score (nSPS) is 22.7. The minimum absolute atomic E-state index is 0.0328. The van der Waals surface area contributed by atoms with Crippen LogP contribution in [-0.4, -0.2) is 49.6 Å². The van der Waals surface area contributed by atoms with E-state index in [0.29, 0.717) is 39.3 Å². The maximum Gasteiger partial charge on any atom is 0.228 e. The van der Waals surface area contributed by atoms with Gasteiger partial charge in [-0.3, -0.25) is 9.59 Å². The van der Waals surface area contributed by atoms with Gasteiger partial charge in [0.15, 0.2) is 0 Å². The zero-order valence-electron chi connectivity index (χ0n) is 12.2. The molecule has 5 heteroatoms. The molecule has 0 aliphatic carbocycles. The van der Waals surface area contributed by atoms with Crippen LogP contribution in [0.25, 0.3) is 0 Å². The smallest absolute Gasteiger partial charge is 0.228 e. The van der Waals surface area contributed by atoms with Gasteiger partial charge in [-0.25, -0.2) is 0 Å². The van der Waals surface area contributed by atoms with Crippen LogP contribution in [-0.2, 0) is 14.3 Å². The van der Waals surface area contributed by atoms with Crippen LogP contribution in [0.2, 0.25) is 0 Å². The van der Waals surface area contributed by atoms with Gasteiger partial charge in [-0.1, -0.05) is 17.7 Å². The van der Waals surface area contributed by atoms with Crippen molar-refractivity contribution in [3.05, 3.63) is 29.8 Å². The molecule has 0 radical (unpaired) electrons. The second-order valence-corrected chi connectivity index (χ2v) is 5.68. The number of hydrogen-bond acceptors (Lipinski definition) is 3. The van der Waals surface area contributed by atoms with Crippen LogP contribution in [0, 0.1) is 12.8 Å². The molecule has 5 nitrogen and oxygen atoms in total. The van der Waals surface area contributed by atoms with Gasteiger partial charge in [-0.15, -0.1) is 0 Å². The zero-order chi connectivity index (χ0) is 14.8. The summed E-state index contributed by atoms with van der Waals surface area (Å²) >= 11 is 0. The molecule has 0 spiro atoms. The third kappa shape index (κ3) is 2.93.